The molecule has 0 aromatic heterocycles. The van der Waals surface area contributed by atoms with Gasteiger partial charge in [0.15, 0.2) is 0 Å². The van der Waals surface area contributed by atoms with Gasteiger partial charge < -0.3 is 15.2 Å². The van der Waals surface area contributed by atoms with Crippen molar-refractivity contribution in [1.29, 1.82) is 0 Å². The minimum Gasteiger partial charge on any atom is -0.500 e. The number of carboxylic acids is 1. The smallest absolute Gasteiger partial charge is 0.335 e. The van der Waals surface area contributed by atoms with Crippen molar-refractivity contribution in [3.63, 3.8) is 0 Å². The van der Waals surface area contributed by atoms with Crippen molar-refractivity contribution in [1.82, 2.24) is 5.32 Å². The summed E-state index contributed by atoms with van der Waals surface area (Å²) in [5, 5.41) is 12.3. The number of carboxylic acid groups (broad SMARTS) is 1. The van der Waals surface area contributed by atoms with Gasteiger partial charge in [0.25, 0.3) is 0 Å². The number of carbonyl (C=O) groups is 1. The molecule has 2 heterocycles. The predicted molar refractivity (Wildman–Crippen MR) is 57.6 cm³/mol. The Morgan fingerprint density at radius 3 is 3.12 bits per heavy atom. The molecule has 84 valence electrons. The second-order valence-corrected chi connectivity index (χ2v) is 4.40. The number of rotatable bonds is 1. The molecule has 2 aliphatic heterocycles. The van der Waals surface area contributed by atoms with Gasteiger partial charge in [0.05, 0.1) is 11.8 Å². The highest BCUT2D eigenvalue weighted by atomic mass is 16.5. The molecule has 0 amide bonds. The van der Waals surface area contributed by atoms with Crippen molar-refractivity contribution in [2.75, 3.05) is 6.61 Å². The maximum atomic E-state index is 10.9. The zero-order chi connectivity index (χ0) is 11.1. The van der Waals surface area contributed by atoms with Crippen LogP contribution in [0.15, 0.2) is 36.1 Å². The second-order valence-electron chi connectivity index (χ2n) is 4.40. The lowest BCUT2D eigenvalue weighted by Crippen LogP contribution is -2.35. The van der Waals surface area contributed by atoms with E-state index in [1.165, 1.54) is 0 Å². The minimum absolute atomic E-state index is 0.123. The topological polar surface area (TPSA) is 58.6 Å². The summed E-state index contributed by atoms with van der Waals surface area (Å²) in [7, 11) is 0. The molecule has 0 aromatic rings. The first kappa shape index (κ1) is 9.66. The molecule has 16 heavy (non-hydrogen) atoms. The Bertz CT molecular complexity index is 410. The lowest BCUT2D eigenvalue weighted by atomic mass is 9.83. The first-order valence-electron chi connectivity index (χ1n) is 5.43. The Balaban J connectivity index is 1.88. The zero-order valence-corrected chi connectivity index (χ0v) is 8.67. The van der Waals surface area contributed by atoms with E-state index < -0.39 is 5.97 Å². The van der Waals surface area contributed by atoms with Crippen LogP contribution in [0.2, 0.25) is 0 Å². The van der Waals surface area contributed by atoms with Gasteiger partial charge in [-0.3, -0.25) is 0 Å². The molecule has 0 aromatic carbocycles. The Morgan fingerprint density at radius 1 is 1.44 bits per heavy atom. The zero-order valence-electron chi connectivity index (χ0n) is 8.67. The third-order valence-electron chi connectivity index (χ3n) is 3.51. The molecule has 1 saturated heterocycles. The monoisotopic (exact) mass is 219 g/mol. The Labute approximate surface area is 93.3 Å². The highest BCUT2D eigenvalue weighted by Gasteiger charge is 2.42. The van der Waals surface area contributed by atoms with E-state index in [2.05, 4.69) is 11.4 Å². The van der Waals surface area contributed by atoms with Crippen LogP contribution in [-0.2, 0) is 9.53 Å². The maximum Gasteiger partial charge on any atom is 0.335 e. The summed E-state index contributed by atoms with van der Waals surface area (Å²) in [5.74, 6) is -0.0898. The molecule has 4 heteroatoms. The van der Waals surface area contributed by atoms with Crippen LogP contribution in [-0.4, -0.2) is 29.8 Å². The van der Waals surface area contributed by atoms with Crippen LogP contribution >= 0.6 is 0 Å². The molecule has 2 N–H and O–H groups in total. The van der Waals surface area contributed by atoms with Crippen molar-refractivity contribution in [2.24, 2.45) is 11.8 Å². The van der Waals surface area contributed by atoms with Gasteiger partial charge in [-0.25, -0.2) is 4.79 Å². The van der Waals surface area contributed by atoms with Crippen molar-refractivity contribution >= 4 is 5.97 Å². The lowest BCUT2D eigenvalue weighted by Gasteiger charge is -2.23. The van der Waals surface area contributed by atoms with Crippen LogP contribution in [0.3, 0.4) is 0 Å². The fourth-order valence-corrected chi connectivity index (χ4v) is 2.72. The van der Waals surface area contributed by atoms with Gasteiger partial charge in [0, 0.05) is 23.9 Å². The molecule has 0 bridgehead atoms. The number of fused-ring (bicyclic) bond motifs is 3. The quantitative estimate of drug-likeness (QED) is 0.681. The molecule has 0 saturated carbocycles. The van der Waals surface area contributed by atoms with E-state index >= 15 is 0 Å². The molecule has 3 rings (SSSR count). The van der Waals surface area contributed by atoms with Crippen LogP contribution in [0.4, 0.5) is 0 Å². The molecule has 0 spiro atoms. The number of hydrogen-bond donors (Lipinski definition) is 2. The van der Waals surface area contributed by atoms with Gasteiger partial charge in [0.2, 0.25) is 0 Å². The molecule has 1 fully saturated rings. The van der Waals surface area contributed by atoms with Gasteiger partial charge in [-0.05, 0) is 6.08 Å². The third-order valence-corrected chi connectivity index (χ3v) is 3.51. The van der Waals surface area contributed by atoms with Crippen LogP contribution < -0.4 is 5.32 Å². The van der Waals surface area contributed by atoms with Gasteiger partial charge in [0.1, 0.15) is 6.61 Å². The molecule has 4 unspecified atom stereocenters. The van der Waals surface area contributed by atoms with E-state index in [1.807, 2.05) is 6.08 Å². The summed E-state index contributed by atoms with van der Waals surface area (Å²) < 4.78 is 5.26. The third kappa shape index (κ3) is 1.38. The van der Waals surface area contributed by atoms with Gasteiger partial charge in [-0.1, -0.05) is 18.2 Å². The van der Waals surface area contributed by atoms with Crippen LogP contribution in [0.5, 0.6) is 0 Å². The summed E-state index contributed by atoms with van der Waals surface area (Å²) in [4.78, 5) is 10.9. The van der Waals surface area contributed by atoms with E-state index in [9.17, 15) is 4.79 Å². The largest absolute Gasteiger partial charge is 0.500 e. The molecule has 3 aliphatic rings. The minimum atomic E-state index is -0.863. The van der Waals surface area contributed by atoms with E-state index in [0.29, 0.717) is 30.1 Å². The lowest BCUT2D eigenvalue weighted by molar-refractivity contribution is -0.132. The van der Waals surface area contributed by atoms with Crippen LogP contribution in [0, 0.1) is 11.8 Å². The van der Waals surface area contributed by atoms with Gasteiger partial charge in [-0.2, -0.15) is 0 Å². The Kier molecular flexibility index (Phi) is 2.11. The van der Waals surface area contributed by atoms with E-state index in [4.69, 9.17) is 9.84 Å². The Hall–Kier alpha value is -1.55. The highest BCUT2D eigenvalue weighted by molar-refractivity contribution is 5.90. The SMILES string of the molecule is O=C(O)C1=CC2NC3COC=CC3C2C=C1. The Morgan fingerprint density at radius 2 is 2.31 bits per heavy atom. The fraction of sp³-hybridized carbons (Fsp3) is 0.417. The van der Waals surface area contributed by atoms with E-state index in [0.717, 1.165) is 0 Å². The molecule has 4 atom stereocenters. The number of hydrogen-bond acceptors (Lipinski definition) is 3. The van der Waals surface area contributed by atoms with Crippen LogP contribution in [0.25, 0.3) is 0 Å². The first-order chi connectivity index (χ1) is 7.75. The standard InChI is InChI=1S/C12H13NO3/c14-12(15)7-1-2-8-9-3-4-16-6-11(9)13-10(8)5-7/h1-5,8-11,13H,6H2,(H,14,15). The highest BCUT2D eigenvalue weighted by Crippen LogP contribution is 2.35. The van der Waals surface area contributed by atoms with Crippen LogP contribution in [0.1, 0.15) is 0 Å². The summed E-state index contributed by atoms with van der Waals surface area (Å²) in [6.07, 6.45) is 9.32. The molecule has 0 radical (unpaired) electrons. The van der Waals surface area contributed by atoms with Gasteiger partial charge >= 0.3 is 5.97 Å². The van der Waals surface area contributed by atoms with Crippen molar-refractivity contribution < 1.29 is 14.6 Å². The molecule has 1 aliphatic carbocycles. The average molecular weight is 219 g/mol. The first-order valence-corrected chi connectivity index (χ1v) is 5.43. The summed E-state index contributed by atoms with van der Waals surface area (Å²) in [6.45, 7) is 0.665. The summed E-state index contributed by atoms with van der Waals surface area (Å²) >= 11 is 0. The summed E-state index contributed by atoms with van der Waals surface area (Å²) in [6, 6.07) is 0.423. The van der Waals surface area contributed by atoms with Crippen molar-refractivity contribution in [3.05, 3.63) is 36.1 Å². The normalized spacial score (nSPS) is 39.6. The van der Waals surface area contributed by atoms with Crippen molar-refractivity contribution in [3.8, 4) is 0 Å². The molecular formula is C12H13NO3. The van der Waals surface area contributed by atoms with E-state index in [1.54, 1.807) is 18.4 Å². The predicted octanol–water partition coefficient (Wildman–Crippen LogP) is 0.684. The van der Waals surface area contributed by atoms with E-state index in [-0.39, 0.29) is 6.04 Å². The second kappa shape index (κ2) is 3.49. The number of aliphatic carboxylic acids is 1. The fourth-order valence-electron chi connectivity index (χ4n) is 2.72. The number of ether oxygens (including phenoxy) is 1. The van der Waals surface area contributed by atoms with Gasteiger partial charge in [-0.15, -0.1) is 0 Å². The maximum absolute atomic E-state index is 10.9. The number of nitrogens with one attached hydrogen (secondary N) is 1. The molecular weight excluding hydrogens is 206 g/mol. The molecule has 4 nitrogen and oxygen atoms in total. The average Bonchev–Trinajstić information content (AvgIpc) is 2.66. The summed E-state index contributed by atoms with van der Waals surface area (Å²) in [5.41, 5.74) is 0.372. The van der Waals surface area contributed by atoms with Crippen molar-refractivity contribution in [2.45, 2.75) is 12.1 Å².